The first-order valence-electron chi connectivity index (χ1n) is 10.5. The fourth-order valence-corrected chi connectivity index (χ4v) is 3.24. The number of ether oxygens (including phenoxy) is 1. The Bertz CT molecular complexity index is 773. The van der Waals surface area contributed by atoms with Crippen LogP contribution in [0, 0.1) is 11.8 Å². The van der Waals surface area contributed by atoms with Gasteiger partial charge in [-0.05, 0) is 54.4 Å². The van der Waals surface area contributed by atoms with Gasteiger partial charge in [-0.3, -0.25) is 0 Å². The minimum atomic E-state index is -0.411. The van der Waals surface area contributed by atoms with Crippen LogP contribution in [0.5, 0.6) is 0 Å². The van der Waals surface area contributed by atoms with Crippen molar-refractivity contribution >= 4 is 5.97 Å². The molecule has 0 radical (unpaired) electrons. The maximum atomic E-state index is 11.5. The van der Waals surface area contributed by atoms with Crippen LogP contribution < -0.4 is 0 Å². The highest BCUT2D eigenvalue weighted by atomic mass is 16.5. The molecule has 29 heavy (non-hydrogen) atoms. The Morgan fingerprint density at radius 1 is 1.00 bits per heavy atom. The number of aryl methyl sites for hydroxylation is 1. The number of benzene rings is 2. The Hall–Kier alpha value is -2.39. The van der Waals surface area contributed by atoms with Crippen molar-refractivity contribution in [3.05, 3.63) is 71.8 Å². The molecule has 0 bridgehead atoms. The van der Waals surface area contributed by atoms with Crippen LogP contribution in [-0.2, 0) is 22.4 Å². The Morgan fingerprint density at radius 2 is 1.55 bits per heavy atom. The number of carbonyl (C=O) groups excluding carboxylic acids is 1. The van der Waals surface area contributed by atoms with Gasteiger partial charge in [-0.2, -0.15) is 0 Å². The number of esters is 1. The number of hydrogen-bond donors (Lipinski definition) is 1. The number of aliphatic hydroxyl groups is 1. The zero-order valence-corrected chi connectivity index (χ0v) is 18.0. The van der Waals surface area contributed by atoms with Gasteiger partial charge in [-0.15, -0.1) is 0 Å². The fraction of sp³-hybridized carbons (Fsp3) is 0.423. The Kier molecular flexibility index (Phi) is 9.14. The van der Waals surface area contributed by atoms with Gasteiger partial charge in [0.25, 0.3) is 0 Å². The van der Waals surface area contributed by atoms with Crippen LogP contribution in [0.2, 0.25) is 0 Å². The van der Waals surface area contributed by atoms with Crippen LogP contribution >= 0.6 is 0 Å². The van der Waals surface area contributed by atoms with Crippen molar-refractivity contribution in [1.29, 1.82) is 0 Å². The summed E-state index contributed by atoms with van der Waals surface area (Å²) in [4.78, 5) is 11.5. The van der Waals surface area contributed by atoms with Crippen molar-refractivity contribution in [1.82, 2.24) is 0 Å². The van der Waals surface area contributed by atoms with E-state index >= 15 is 0 Å². The minimum absolute atomic E-state index is 0.0243. The van der Waals surface area contributed by atoms with Gasteiger partial charge in [0.2, 0.25) is 0 Å². The first-order chi connectivity index (χ1) is 13.9. The largest absolute Gasteiger partial charge is 0.462 e. The van der Waals surface area contributed by atoms with E-state index in [1.54, 1.807) is 6.92 Å². The highest BCUT2D eigenvalue weighted by Gasteiger charge is 2.13. The first-order valence-corrected chi connectivity index (χ1v) is 10.5. The lowest BCUT2D eigenvalue weighted by Gasteiger charge is -2.15. The molecule has 0 saturated carbocycles. The number of hydrogen-bond acceptors (Lipinski definition) is 3. The molecule has 1 unspecified atom stereocenters. The predicted molar refractivity (Wildman–Crippen MR) is 120 cm³/mol. The summed E-state index contributed by atoms with van der Waals surface area (Å²) in [5.41, 5.74) is 5.26. The van der Waals surface area contributed by atoms with E-state index in [0.717, 1.165) is 17.9 Å². The van der Waals surface area contributed by atoms with Crippen molar-refractivity contribution < 1.29 is 14.6 Å². The quantitative estimate of drug-likeness (QED) is 0.398. The van der Waals surface area contributed by atoms with Crippen LogP contribution in [0.1, 0.15) is 44.7 Å². The van der Waals surface area contributed by atoms with Gasteiger partial charge in [0.15, 0.2) is 0 Å². The third kappa shape index (κ3) is 7.86. The van der Waals surface area contributed by atoms with Crippen molar-refractivity contribution in [3.8, 4) is 11.1 Å². The first kappa shape index (κ1) is 22.9. The number of aliphatic hydroxyl groups excluding tert-OH is 1. The highest BCUT2D eigenvalue weighted by Crippen LogP contribution is 2.22. The molecular weight excluding hydrogens is 360 g/mol. The lowest BCUT2D eigenvalue weighted by atomic mass is 9.96. The molecule has 0 aliphatic carbocycles. The van der Waals surface area contributed by atoms with Gasteiger partial charge >= 0.3 is 5.97 Å². The van der Waals surface area contributed by atoms with Crippen molar-refractivity contribution in [2.75, 3.05) is 13.2 Å². The molecule has 3 heteroatoms. The van der Waals surface area contributed by atoms with Gasteiger partial charge in [0.1, 0.15) is 0 Å². The maximum Gasteiger partial charge on any atom is 0.333 e. The normalized spacial score (nSPS) is 12.0. The van der Waals surface area contributed by atoms with Gasteiger partial charge in [0.05, 0.1) is 6.61 Å². The zero-order valence-electron chi connectivity index (χ0n) is 18.0. The average Bonchev–Trinajstić information content (AvgIpc) is 2.71. The molecule has 0 amide bonds. The zero-order chi connectivity index (χ0) is 21.2. The molecule has 2 rings (SSSR count). The summed E-state index contributed by atoms with van der Waals surface area (Å²) in [5.74, 6) is 0.233. The Morgan fingerprint density at radius 3 is 2.03 bits per heavy atom. The molecule has 0 spiro atoms. The van der Waals surface area contributed by atoms with Crippen LogP contribution in [-0.4, -0.2) is 24.3 Å². The maximum absolute atomic E-state index is 11.5. The molecule has 0 fully saturated rings. The van der Waals surface area contributed by atoms with Gasteiger partial charge < -0.3 is 9.84 Å². The fourth-order valence-electron chi connectivity index (χ4n) is 3.24. The van der Waals surface area contributed by atoms with E-state index in [2.05, 4.69) is 69.0 Å². The lowest BCUT2D eigenvalue weighted by molar-refractivity contribution is -0.140. The lowest BCUT2D eigenvalue weighted by Crippen LogP contribution is -2.19. The molecule has 1 atom stereocenters. The standard InChI is InChI=1S/C26H34O3/c1-19(2)6-5-7-21-8-12-24(13-9-21)25-14-10-22(11-15-25)16-23(17-27)18-29-26(28)20(3)4/h8-15,19,23,27H,3,5-7,16-18H2,1-2,4H3. The molecule has 2 aromatic carbocycles. The second-order valence-corrected chi connectivity index (χ2v) is 8.31. The molecule has 2 aromatic rings. The number of rotatable bonds is 11. The van der Waals surface area contributed by atoms with E-state index in [1.165, 1.54) is 29.5 Å². The summed E-state index contributed by atoms with van der Waals surface area (Å²) in [6, 6.07) is 17.2. The monoisotopic (exact) mass is 394 g/mol. The average molecular weight is 395 g/mol. The summed E-state index contributed by atoms with van der Waals surface area (Å²) in [7, 11) is 0. The van der Waals surface area contributed by atoms with Crippen LogP contribution in [0.15, 0.2) is 60.7 Å². The van der Waals surface area contributed by atoms with Gasteiger partial charge in [-0.1, -0.05) is 75.4 Å². The molecule has 1 N–H and O–H groups in total. The van der Waals surface area contributed by atoms with E-state index < -0.39 is 5.97 Å². The van der Waals surface area contributed by atoms with E-state index in [4.69, 9.17) is 4.74 Å². The van der Waals surface area contributed by atoms with Crippen molar-refractivity contribution in [3.63, 3.8) is 0 Å². The van der Waals surface area contributed by atoms with Crippen molar-refractivity contribution in [2.24, 2.45) is 11.8 Å². The van der Waals surface area contributed by atoms with Crippen LogP contribution in [0.25, 0.3) is 11.1 Å². The predicted octanol–water partition coefficient (Wildman–Crippen LogP) is 5.60. The van der Waals surface area contributed by atoms with Crippen molar-refractivity contribution in [2.45, 2.75) is 46.5 Å². The topological polar surface area (TPSA) is 46.5 Å². The molecule has 156 valence electrons. The minimum Gasteiger partial charge on any atom is -0.462 e. The molecular formula is C26H34O3. The molecule has 0 heterocycles. The van der Waals surface area contributed by atoms with E-state index in [-0.39, 0.29) is 19.1 Å². The van der Waals surface area contributed by atoms with E-state index in [9.17, 15) is 9.90 Å². The highest BCUT2D eigenvalue weighted by molar-refractivity contribution is 5.86. The van der Waals surface area contributed by atoms with Gasteiger partial charge in [-0.25, -0.2) is 4.79 Å². The summed E-state index contributed by atoms with van der Waals surface area (Å²) < 4.78 is 5.18. The second-order valence-electron chi connectivity index (χ2n) is 8.31. The molecule has 0 aliphatic rings. The molecule has 0 aromatic heterocycles. The third-order valence-electron chi connectivity index (χ3n) is 5.07. The van der Waals surface area contributed by atoms with Crippen LogP contribution in [0.4, 0.5) is 0 Å². The van der Waals surface area contributed by atoms with E-state index in [0.29, 0.717) is 12.0 Å². The summed E-state index contributed by atoms with van der Waals surface area (Å²) in [6.07, 6.45) is 4.30. The second kappa shape index (κ2) is 11.6. The third-order valence-corrected chi connectivity index (χ3v) is 5.07. The molecule has 3 nitrogen and oxygen atoms in total. The Labute approximate surface area is 175 Å². The summed E-state index contributed by atoms with van der Waals surface area (Å²) in [5, 5.41) is 9.58. The molecule has 0 aliphatic heterocycles. The van der Waals surface area contributed by atoms with Gasteiger partial charge in [0, 0.05) is 18.1 Å². The smallest absolute Gasteiger partial charge is 0.333 e. The Balaban J connectivity index is 1.91. The summed E-state index contributed by atoms with van der Waals surface area (Å²) in [6.45, 7) is 9.90. The molecule has 0 saturated heterocycles. The van der Waals surface area contributed by atoms with E-state index in [1.807, 2.05) is 0 Å². The van der Waals surface area contributed by atoms with Crippen LogP contribution in [0.3, 0.4) is 0 Å². The number of carbonyl (C=O) groups is 1. The SMILES string of the molecule is C=C(C)C(=O)OCC(CO)Cc1ccc(-c2ccc(CCCC(C)C)cc2)cc1. The summed E-state index contributed by atoms with van der Waals surface area (Å²) >= 11 is 0.